The molecule has 0 saturated carbocycles. The standard InChI is InChI=1S/C15H17F3N4O/c16-15(17,18)23-12-1-2-14(21-9-12)22-5-3-10(4-6-22)13-7-11(19)8-20-13/h1-2,7,9-10H,3-6,8,19H2. The molecule has 3 heterocycles. The molecule has 1 fully saturated rings. The van der Waals surface area contributed by atoms with Crippen LogP contribution in [-0.2, 0) is 0 Å². The van der Waals surface area contributed by atoms with Crippen molar-refractivity contribution >= 4 is 11.5 Å². The SMILES string of the molecule is NC1=CC(C2CCN(c3ccc(OC(F)(F)F)cn3)CC2)=NC1. The molecular formula is C15H17F3N4O. The highest BCUT2D eigenvalue weighted by Crippen LogP contribution is 2.27. The number of hydrogen-bond acceptors (Lipinski definition) is 5. The van der Waals surface area contributed by atoms with Crippen molar-refractivity contribution in [2.75, 3.05) is 24.5 Å². The van der Waals surface area contributed by atoms with E-state index in [1.54, 1.807) is 6.07 Å². The van der Waals surface area contributed by atoms with E-state index in [1.807, 2.05) is 6.08 Å². The fraction of sp³-hybridized carbons (Fsp3) is 0.467. The van der Waals surface area contributed by atoms with E-state index in [0.29, 0.717) is 18.3 Å². The number of pyridine rings is 1. The lowest BCUT2D eigenvalue weighted by Crippen LogP contribution is -2.36. The van der Waals surface area contributed by atoms with Gasteiger partial charge >= 0.3 is 6.36 Å². The molecule has 2 aliphatic heterocycles. The van der Waals surface area contributed by atoms with Crippen LogP contribution in [0.1, 0.15) is 12.8 Å². The van der Waals surface area contributed by atoms with Crippen LogP contribution in [0.4, 0.5) is 19.0 Å². The smallest absolute Gasteiger partial charge is 0.404 e. The number of hydrogen-bond donors (Lipinski definition) is 1. The Kier molecular flexibility index (Phi) is 4.14. The van der Waals surface area contributed by atoms with Gasteiger partial charge in [0, 0.05) is 30.4 Å². The predicted molar refractivity (Wildman–Crippen MR) is 80.4 cm³/mol. The molecule has 0 aliphatic carbocycles. The summed E-state index contributed by atoms with van der Waals surface area (Å²) in [6, 6.07) is 2.83. The second-order valence-corrected chi connectivity index (χ2v) is 5.62. The molecule has 0 atom stereocenters. The molecular weight excluding hydrogens is 309 g/mol. The molecule has 1 aromatic heterocycles. The van der Waals surface area contributed by atoms with Crippen LogP contribution in [0, 0.1) is 5.92 Å². The number of nitrogens with two attached hydrogens (primary N) is 1. The molecule has 1 saturated heterocycles. The number of allylic oxidation sites excluding steroid dienone is 1. The summed E-state index contributed by atoms with van der Waals surface area (Å²) in [5.74, 6) is 0.735. The van der Waals surface area contributed by atoms with Crippen molar-refractivity contribution in [3.63, 3.8) is 0 Å². The Balaban J connectivity index is 1.57. The topological polar surface area (TPSA) is 63.7 Å². The van der Waals surface area contributed by atoms with Crippen LogP contribution in [0.5, 0.6) is 5.75 Å². The number of rotatable bonds is 3. The maximum Gasteiger partial charge on any atom is 0.573 e. The van der Waals surface area contributed by atoms with Crippen LogP contribution in [0.15, 0.2) is 35.1 Å². The number of halogens is 3. The van der Waals surface area contributed by atoms with E-state index < -0.39 is 6.36 Å². The number of aromatic nitrogens is 1. The van der Waals surface area contributed by atoms with E-state index in [-0.39, 0.29) is 5.75 Å². The molecule has 1 aromatic rings. The minimum atomic E-state index is -4.70. The van der Waals surface area contributed by atoms with Gasteiger partial charge in [0.1, 0.15) is 11.6 Å². The van der Waals surface area contributed by atoms with E-state index in [2.05, 4.69) is 19.6 Å². The maximum absolute atomic E-state index is 12.1. The third-order valence-electron chi connectivity index (χ3n) is 3.97. The largest absolute Gasteiger partial charge is 0.573 e. The van der Waals surface area contributed by atoms with Crippen LogP contribution in [0.2, 0.25) is 0 Å². The van der Waals surface area contributed by atoms with Crippen molar-refractivity contribution in [2.45, 2.75) is 19.2 Å². The maximum atomic E-state index is 12.1. The van der Waals surface area contributed by atoms with Crippen LogP contribution >= 0.6 is 0 Å². The lowest BCUT2D eigenvalue weighted by Gasteiger charge is -2.32. The van der Waals surface area contributed by atoms with Crippen molar-refractivity contribution in [3.8, 4) is 5.75 Å². The average molecular weight is 326 g/mol. The van der Waals surface area contributed by atoms with Crippen molar-refractivity contribution < 1.29 is 17.9 Å². The van der Waals surface area contributed by atoms with E-state index in [1.165, 1.54) is 6.07 Å². The zero-order valence-corrected chi connectivity index (χ0v) is 12.4. The van der Waals surface area contributed by atoms with Crippen molar-refractivity contribution in [1.82, 2.24) is 4.98 Å². The summed E-state index contributed by atoms with van der Waals surface area (Å²) < 4.78 is 40.2. The normalized spacial score (nSPS) is 19.5. The lowest BCUT2D eigenvalue weighted by molar-refractivity contribution is -0.274. The van der Waals surface area contributed by atoms with E-state index in [4.69, 9.17) is 5.73 Å². The minimum absolute atomic E-state index is 0.308. The lowest BCUT2D eigenvalue weighted by atomic mass is 9.92. The van der Waals surface area contributed by atoms with Gasteiger partial charge < -0.3 is 15.4 Å². The van der Waals surface area contributed by atoms with Crippen molar-refractivity contribution in [2.24, 2.45) is 16.6 Å². The Labute approximate surface area is 131 Å². The molecule has 8 heteroatoms. The summed E-state index contributed by atoms with van der Waals surface area (Å²) in [6.07, 6.45) is 0.191. The van der Waals surface area contributed by atoms with Crippen LogP contribution in [0.3, 0.4) is 0 Å². The van der Waals surface area contributed by atoms with Gasteiger partial charge in [-0.05, 0) is 31.1 Å². The summed E-state index contributed by atoms with van der Waals surface area (Å²) in [6.45, 7) is 2.14. The summed E-state index contributed by atoms with van der Waals surface area (Å²) in [4.78, 5) is 10.5. The minimum Gasteiger partial charge on any atom is -0.404 e. The highest BCUT2D eigenvalue weighted by Gasteiger charge is 2.31. The first-order chi connectivity index (χ1) is 10.9. The molecule has 3 rings (SSSR count). The molecule has 23 heavy (non-hydrogen) atoms. The second-order valence-electron chi connectivity index (χ2n) is 5.62. The Hall–Kier alpha value is -2.25. The van der Waals surface area contributed by atoms with Crippen molar-refractivity contribution in [1.29, 1.82) is 0 Å². The van der Waals surface area contributed by atoms with Gasteiger partial charge in [0.2, 0.25) is 0 Å². The first kappa shape index (κ1) is 15.6. The van der Waals surface area contributed by atoms with E-state index >= 15 is 0 Å². The molecule has 5 nitrogen and oxygen atoms in total. The molecule has 0 aromatic carbocycles. The molecule has 0 bridgehead atoms. The summed E-state index contributed by atoms with van der Waals surface area (Å²) >= 11 is 0. The third-order valence-corrected chi connectivity index (χ3v) is 3.97. The zero-order chi connectivity index (χ0) is 16.4. The van der Waals surface area contributed by atoms with E-state index in [0.717, 1.165) is 43.5 Å². The van der Waals surface area contributed by atoms with Gasteiger partial charge in [-0.15, -0.1) is 13.2 Å². The van der Waals surface area contributed by atoms with Gasteiger partial charge in [-0.3, -0.25) is 4.99 Å². The summed E-state index contributed by atoms with van der Waals surface area (Å²) in [5.41, 5.74) is 7.60. The van der Waals surface area contributed by atoms with Crippen LogP contribution < -0.4 is 15.4 Å². The number of anilines is 1. The van der Waals surface area contributed by atoms with Crippen LogP contribution in [0.25, 0.3) is 0 Å². The number of ether oxygens (including phenoxy) is 1. The molecule has 0 amide bonds. The monoisotopic (exact) mass is 326 g/mol. The van der Waals surface area contributed by atoms with Gasteiger partial charge in [0.05, 0.1) is 12.7 Å². The molecule has 0 radical (unpaired) electrons. The van der Waals surface area contributed by atoms with Crippen molar-refractivity contribution in [3.05, 3.63) is 30.1 Å². The van der Waals surface area contributed by atoms with Gasteiger partial charge in [-0.2, -0.15) is 0 Å². The van der Waals surface area contributed by atoms with Gasteiger partial charge in [-0.25, -0.2) is 4.98 Å². The number of alkyl halides is 3. The first-order valence-electron chi connectivity index (χ1n) is 7.38. The number of aliphatic imine (C=N–C) groups is 1. The number of nitrogens with zero attached hydrogens (tertiary/aromatic N) is 3. The van der Waals surface area contributed by atoms with Crippen LogP contribution in [-0.4, -0.2) is 36.7 Å². The Morgan fingerprint density at radius 3 is 2.48 bits per heavy atom. The summed E-state index contributed by atoms with van der Waals surface area (Å²) in [7, 11) is 0. The average Bonchev–Trinajstić information content (AvgIpc) is 2.93. The Bertz CT molecular complexity index is 617. The van der Waals surface area contributed by atoms with Gasteiger partial charge in [0.25, 0.3) is 0 Å². The molecule has 0 unspecified atom stereocenters. The first-order valence-corrected chi connectivity index (χ1v) is 7.38. The Morgan fingerprint density at radius 1 is 1.22 bits per heavy atom. The number of piperidine rings is 1. The molecule has 2 N–H and O–H groups in total. The zero-order valence-electron chi connectivity index (χ0n) is 12.4. The summed E-state index contributed by atoms with van der Waals surface area (Å²) in [5, 5.41) is 0. The quantitative estimate of drug-likeness (QED) is 0.927. The second kappa shape index (κ2) is 6.10. The Morgan fingerprint density at radius 2 is 1.96 bits per heavy atom. The molecule has 2 aliphatic rings. The van der Waals surface area contributed by atoms with Gasteiger partial charge in [0.15, 0.2) is 0 Å². The fourth-order valence-corrected chi connectivity index (χ4v) is 2.87. The molecule has 0 spiro atoms. The third kappa shape index (κ3) is 3.94. The predicted octanol–water partition coefficient (Wildman–Crippen LogP) is 2.49. The highest BCUT2D eigenvalue weighted by molar-refractivity contribution is 5.99. The molecule has 124 valence electrons. The van der Waals surface area contributed by atoms with E-state index in [9.17, 15) is 13.2 Å². The highest BCUT2D eigenvalue weighted by atomic mass is 19.4. The fourth-order valence-electron chi connectivity index (χ4n) is 2.87. The van der Waals surface area contributed by atoms with Gasteiger partial charge in [-0.1, -0.05) is 0 Å².